The lowest BCUT2D eigenvalue weighted by Crippen LogP contribution is -1.99. The van der Waals surface area contributed by atoms with E-state index < -0.39 is 5.95 Å². The number of hydrogen-bond acceptors (Lipinski definition) is 4. The van der Waals surface area contributed by atoms with Gasteiger partial charge >= 0.3 is 11.6 Å². The molecule has 0 aromatic heterocycles. The number of nitrogens with zero attached hydrogens (tertiary/aromatic N) is 2. The predicted molar refractivity (Wildman–Crippen MR) is 78.9 cm³/mol. The summed E-state index contributed by atoms with van der Waals surface area (Å²) in [6.07, 6.45) is 0. The molecule has 0 spiro atoms. The van der Waals surface area contributed by atoms with Gasteiger partial charge in [0.25, 0.3) is 0 Å². The van der Waals surface area contributed by atoms with Gasteiger partial charge < -0.3 is 14.6 Å². The lowest BCUT2D eigenvalue weighted by atomic mass is 10.1. The third-order valence-corrected chi connectivity index (χ3v) is 2.88. The summed E-state index contributed by atoms with van der Waals surface area (Å²) in [7, 11) is 1.29. The second kappa shape index (κ2) is 6.96. The molecule has 0 atom stereocenters. The van der Waals surface area contributed by atoms with Crippen LogP contribution in [0.5, 0.6) is 5.75 Å². The van der Waals surface area contributed by atoms with Crippen molar-refractivity contribution in [2.75, 3.05) is 7.11 Å². The Morgan fingerprint density at radius 3 is 2.43 bits per heavy atom. The van der Waals surface area contributed by atoms with Crippen LogP contribution in [0.2, 0.25) is 0 Å². The molecule has 0 aliphatic heterocycles. The lowest BCUT2D eigenvalue weighted by molar-refractivity contribution is 0.139. The van der Waals surface area contributed by atoms with E-state index in [0.29, 0.717) is 17.9 Å². The monoisotopic (exact) mass is 283 g/mol. The largest absolute Gasteiger partial charge is 0.488 e. The van der Waals surface area contributed by atoms with Gasteiger partial charge in [-0.3, -0.25) is 0 Å². The van der Waals surface area contributed by atoms with Crippen LogP contribution < -0.4 is 4.74 Å². The molecule has 0 radical (unpaired) electrons. The highest BCUT2D eigenvalue weighted by Crippen LogP contribution is 2.29. The van der Waals surface area contributed by atoms with E-state index in [2.05, 4.69) is 4.98 Å². The number of ether oxygens (including phenoxy) is 2. The molecular weight excluding hydrogens is 268 g/mol. The van der Waals surface area contributed by atoms with Gasteiger partial charge in [0.1, 0.15) is 17.9 Å². The van der Waals surface area contributed by atoms with E-state index in [-0.39, 0.29) is 5.70 Å². The third-order valence-electron chi connectivity index (χ3n) is 2.88. The molecule has 2 rings (SSSR count). The summed E-state index contributed by atoms with van der Waals surface area (Å²) in [5.74, 6) is 0.00557. The highest BCUT2D eigenvalue weighted by Gasteiger charge is 2.27. The molecule has 0 heterocycles. The van der Waals surface area contributed by atoms with E-state index in [1.807, 2.05) is 30.3 Å². The summed E-state index contributed by atoms with van der Waals surface area (Å²) < 4.78 is 10.4. The highest BCUT2D eigenvalue weighted by molar-refractivity contribution is 5.75. The number of hydrogen-bond donors (Lipinski definition) is 1. The first kappa shape index (κ1) is 14.4. The Balaban J connectivity index is 2.28. The Hall–Kier alpha value is -3.00. The summed E-state index contributed by atoms with van der Waals surface area (Å²) in [6, 6.07) is 16.6. The van der Waals surface area contributed by atoms with Crippen molar-refractivity contribution in [3.8, 4) is 5.75 Å². The zero-order chi connectivity index (χ0) is 15.1. The minimum absolute atomic E-state index is 0.0823. The number of methoxy groups -OCH3 is 1. The Morgan fingerprint density at radius 1 is 1.10 bits per heavy atom. The molecule has 2 aromatic rings. The fourth-order valence-electron chi connectivity index (χ4n) is 1.83. The maximum absolute atomic E-state index is 9.63. The van der Waals surface area contributed by atoms with Crippen molar-refractivity contribution in [1.29, 1.82) is 5.39 Å². The molecule has 5 nitrogen and oxygen atoms in total. The SMILES string of the molecule is CO/C(O)=C(\[N+]#N)c1ccccc1OCc1ccccc1. The van der Waals surface area contributed by atoms with E-state index in [0.717, 1.165) is 5.56 Å². The van der Waals surface area contributed by atoms with E-state index >= 15 is 0 Å². The van der Waals surface area contributed by atoms with Crippen LogP contribution in [0, 0.1) is 5.39 Å². The molecule has 0 saturated heterocycles. The summed E-state index contributed by atoms with van der Waals surface area (Å²) in [5.41, 5.74) is 1.37. The average Bonchev–Trinajstić information content (AvgIpc) is 2.55. The molecule has 0 aliphatic carbocycles. The lowest BCUT2D eigenvalue weighted by Gasteiger charge is -2.08. The minimum Gasteiger partial charge on any atom is -0.488 e. The average molecular weight is 283 g/mol. The summed E-state index contributed by atoms with van der Waals surface area (Å²) >= 11 is 0. The summed E-state index contributed by atoms with van der Waals surface area (Å²) in [5, 5.41) is 18.7. The zero-order valence-electron chi connectivity index (χ0n) is 11.6. The van der Waals surface area contributed by atoms with Crippen LogP contribution in [0.25, 0.3) is 10.7 Å². The fraction of sp³-hybridized carbons (Fsp3) is 0.125. The van der Waals surface area contributed by atoms with E-state index in [4.69, 9.17) is 14.9 Å². The van der Waals surface area contributed by atoms with E-state index in [1.165, 1.54) is 7.11 Å². The first-order valence-electron chi connectivity index (χ1n) is 6.34. The van der Waals surface area contributed by atoms with Gasteiger partial charge in [-0.1, -0.05) is 42.5 Å². The predicted octanol–water partition coefficient (Wildman–Crippen LogP) is 3.95. The first-order chi connectivity index (χ1) is 10.3. The van der Waals surface area contributed by atoms with Gasteiger partial charge in [0.15, 0.2) is 4.98 Å². The van der Waals surface area contributed by atoms with Crippen LogP contribution in [0.1, 0.15) is 11.1 Å². The Labute approximate surface area is 122 Å². The molecule has 0 unspecified atom stereocenters. The molecule has 0 saturated carbocycles. The van der Waals surface area contributed by atoms with Crippen LogP contribution in [0.3, 0.4) is 0 Å². The molecule has 106 valence electrons. The zero-order valence-corrected chi connectivity index (χ0v) is 11.6. The molecule has 0 bridgehead atoms. The van der Waals surface area contributed by atoms with Crippen molar-refractivity contribution in [2.45, 2.75) is 6.61 Å². The number of benzene rings is 2. The Bertz CT molecular complexity index is 675. The van der Waals surface area contributed by atoms with E-state index in [1.54, 1.807) is 24.3 Å². The first-order valence-corrected chi connectivity index (χ1v) is 6.34. The van der Waals surface area contributed by atoms with Crippen LogP contribution in [0.15, 0.2) is 60.5 Å². The Kier molecular flexibility index (Phi) is 4.78. The molecular formula is C16H15N2O3+. The molecule has 2 aromatic carbocycles. The third kappa shape index (κ3) is 3.51. The number of rotatable bonds is 5. The van der Waals surface area contributed by atoms with Crippen LogP contribution in [-0.2, 0) is 11.3 Å². The van der Waals surface area contributed by atoms with Gasteiger partial charge in [-0.05, 0) is 17.7 Å². The molecule has 0 fully saturated rings. The van der Waals surface area contributed by atoms with Gasteiger partial charge in [0, 0.05) is 0 Å². The number of diazo groups is 1. The summed E-state index contributed by atoms with van der Waals surface area (Å²) in [4.78, 5) is 3.07. The van der Waals surface area contributed by atoms with Crippen molar-refractivity contribution < 1.29 is 14.6 Å². The van der Waals surface area contributed by atoms with Crippen molar-refractivity contribution in [1.82, 2.24) is 0 Å². The topological polar surface area (TPSA) is 66.8 Å². The van der Waals surface area contributed by atoms with Crippen molar-refractivity contribution in [3.63, 3.8) is 0 Å². The number of aliphatic hydroxyl groups is 1. The smallest absolute Gasteiger partial charge is 0.474 e. The van der Waals surface area contributed by atoms with Crippen molar-refractivity contribution in [3.05, 3.63) is 76.6 Å². The standard InChI is InChI=1S/C16H14N2O3/c1-20-16(19)15(18-17)13-9-5-6-10-14(13)21-11-12-7-3-2-4-8-12/h2-10H,11H2,1H3/p+1/b16-15-. The number of aliphatic hydroxyl groups excluding tert-OH is 1. The molecule has 1 N–H and O–H groups in total. The normalized spacial score (nSPS) is 11.2. The second-order valence-electron chi connectivity index (χ2n) is 4.23. The van der Waals surface area contributed by atoms with E-state index in [9.17, 15) is 5.11 Å². The van der Waals surface area contributed by atoms with Crippen molar-refractivity contribution >= 4 is 5.70 Å². The van der Waals surface area contributed by atoms with Gasteiger partial charge in [-0.2, -0.15) is 0 Å². The maximum atomic E-state index is 9.63. The molecule has 0 aliphatic rings. The van der Waals surface area contributed by atoms with Gasteiger partial charge in [0.05, 0.1) is 7.11 Å². The van der Waals surface area contributed by atoms with Crippen molar-refractivity contribution in [2.24, 2.45) is 0 Å². The van der Waals surface area contributed by atoms with Crippen LogP contribution >= 0.6 is 0 Å². The number of para-hydroxylation sites is 1. The highest BCUT2D eigenvalue weighted by atomic mass is 16.6. The summed E-state index contributed by atoms with van der Waals surface area (Å²) in [6.45, 7) is 0.365. The molecule has 0 amide bonds. The minimum atomic E-state index is -0.478. The van der Waals surface area contributed by atoms with Crippen LogP contribution in [-0.4, -0.2) is 12.2 Å². The fourth-order valence-corrected chi connectivity index (χ4v) is 1.83. The maximum Gasteiger partial charge on any atom is 0.474 e. The van der Waals surface area contributed by atoms with Crippen LogP contribution in [0.4, 0.5) is 0 Å². The molecule has 21 heavy (non-hydrogen) atoms. The van der Waals surface area contributed by atoms with Gasteiger partial charge in [-0.15, -0.1) is 0 Å². The van der Waals surface area contributed by atoms with Gasteiger partial charge in [0.2, 0.25) is 5.39 Å². The second-order valence-corrected chi connectivity index (χ2v) is 4.23. The molecule has 5 heteroatoms. The Morgan fingerprint density at radius 2 is 1.76 bits per heavy atom. The van der Waals surface area contributed by atoms with Gasteiger partial charge in [-0.25, -0.2) is 0 Å². The quantitative estimate of drug-likeness (QED) is 0.666.